The fraction of sp³-hybridized carbons (Fsp3) is 0.588. The zero-order valence-corrected chi connectivity index (χ0v) is 14.1. The van der Waals surface area contributed by atoms with Gasteiger partial charge in [-0.15, -0.1) is 0 Å². The Kier molecular flexibility index (Phi) is 4.21. The summed E-state index contributed by atoms with van der Waals surface area (Å²) in [6.07, 6.45) is 1.83. The minimum absolute atomic E-state index is 0.116. The number of hydrogen-bond donors (Lipinski definition) is 1. The average Bonchev–Trinajstić information content (AvgIpc) is 2.58. The third-order valence-electron chi connectivity index (χ3n) is 5.16. The number of nitro groups is 1. The number of fused-ring (bicyclic) bond motifs is 1. The molecular formula is C17H22N2O5. The Hall–Kier alpha value is -2.15. The van der Waals surface area contributed by atoms with E-state index >= 15 is 0 Å². The second-order valence-electron chi connectivity index (χ2n) is 6.98. The molecule has 1 saturated heterocycles. The summed E-state index contributed by atoms with van der Waals surface area (Å²) in [5, 5.41) is 13.9. The Balaban J connectivity index is 1.78. The molecule has 1 N–H and O–H groups in total. The van der Waals surface area contributed by atoms with Crippen molar-refractivity contribution >= 4 is 17.3 Å². The van der Waals surface area contributed by atoms with Crippen LogP contribution in [0.15, 0.2) is 18.2 Å². The number of nitro benzene ring substituents is 1. The van der Waals surface area contributed by atoms with Crippen LogP contribution in [0.4, 0.5) is 11.4 Å². The smallest absolute Gasteiger partial charge is 0.338 e. The predicted octanol–water partition coefficient (Wildman–Crippen LogP) is 3.00. The van der Waals surface area contributed by atoms with Crippen LogP contribution in [-0.2, 0) is 9.47 Å². The van der Waals surface area contributed by atoms with Gasteiger partial charge >= 0.3 is 5.97 Å². The summed E-state index contributed by atoms with van der Waals surface area (Å²) in [7, 11) is 1.60. The molecule has 3 atom stereocenters. The van der Waals surface area contributed by atoms with Gasteiger partial charge in [-0.25, -0.2) is 4.79 Å². The molecule has 0 radical (unpaired) electrons. The molecule has 2 aliphatic rings. The maximum absolute atomic E-state index is 12.5. The molecule has 2 fully saturated rings. The Morgan fingerprint density at radius 3 is 2.88 bits per heavy atom. The van der Waals surface area contributed by atoms with Crippen molar-refractivity contribution in [2.24, 2.45) is 11.3 Å². The van der Waals surface area contributed by atoms with Crippen molar-refractivity contribution < 1.29 is 19.2 Å². The molecule has 0 amide bonds. The molecular weight excluding hydrogens is 312 g/mol. The molecule has 24 heavy (non-hydrogen) atoms. The summed E-state index contributed by atoms with van der Waals surface area (Å²) in [5.74, 6) is -0.313. The van der Waals surface area contributed by atoms with E-state index in [4.69, 9.17) is 9.47 Å². The van der Waals surface area contributed by atoms with Crippen molar-refractivity contribution in [1.82, 2.24) is 0 Å². The Bertz CT molecular complexity index is 673. The van der Waals surface area contributed by atoms with Gasteiger partial charge in [0.25, 0.3) is 5.69 Å². The lowest BCUT2D eigenvalue weighted by atomic mass is 9.57. The first-order chi connectivity index (χ1) is 11.4. The molecule has 7 nitrogen and oxygen atoms in total. The molecule has 7 heteroatoms. The molecule has 1 aromatic rings. The maximum Gasteiger partial charge on any atom is 0.338 e. The highest BCUT2D eigenvalue weighted by molar-refractivity contribution is 5.91. The molecule has 130 valence electrons. The van der Waals surface area contributed by atoms with E-state index in [1.54, 1.807) is 13.1 Å². The fourth-order valence-electron chi connectivity index (χ4n) is 3.92. The number of carbonyl (C=O) groups is 1. The van der Waals surface area contributed by atoms with Crippen molar-refractivity contribution in [3.63, 3.8) is 0 Å². The molecule has 3 rings (SSSR count). The highest BCUT2D eigenvalue weighted by Crippen LogP contribution is 2.53. The minimum atomic E-state index is -0.525. The third-order valence-corrected chi connectivity index (χ3v) is 5.16. The molecule has 0 aromatic heterocycles. The topological polar surface area (TPSA) is 90.7 Å². The van der Waals surface area contributed by atoms with E-state index in [2.05, 4.69) is 5.32 Å². The number of anilines is 1. The summed E-state index contributed by atoms with van der Waals surface area (Å²) in [6, 6.07) is 4.32. The quantitative estimate of drug-likeness (QED) is 0.517. The standard InChI is InChI=1S/C17H22N2O5/c1-17(2)14-11(5-4-8-23-14)15(17)24-16(20)10-6-7-12(18-3)13(9-10)19(21)22/h6-7,9,11,14-15,18H,4-5,8H2,1-3H3/t11-,14+,15-/m1/s1. The largest absolute Gasteiger partial charge is 0.458 e. The summed E-state index contributed by atoms with van der Waals surface area (Å²) >= 11 is 0. The van der Waals surface area contributed by atoms with Crippen molar-refractivity contribution in [1.29, 1.82) is 0 Å². The third kappa shape index (κ3) is 2.62. The van der Waals surface area contributed by atoms with E-state index < -0.39 is 10.9 Å². The minimum Gasteiger partial charge on any atom is -0.458 e. The lowest BCUT2D eigenvalue weighted by molar-refractivity contribution is -0.384. The highest BCUT2D eigenvalue weighted by atomic mass is 16.6. The van der Waals surface area contributed by atoms with Crippen LogP contribution >= 0.6 is 0 Å². The Morgan fingerprint density at radius 2 is 2.21 bits per heavy atom. The number of esters is 1. The first-order valence-corrected chi connectivity index (χ1v) is 8.15. The molecule has 0 unspecified atom stereocenters. The summed E-state index contributed by atoms with van der Waals surface area (Å²) in [5.41, 5.74) is 0.175. The van der Waals surface area contributed by atoms with Crippen LogP contribution in [0.2, 0.25) is 0 Å². The number of carbonyl (C=O) groups excluding carboxylic acids is 1. The number of hydrogen-bond acceptors (Lipinski definition) is 6. The molecule has 1 aliphatic carbocycles. The lowest BCUT2D eigenvalue weighted by Gasteiger charge is -2.58. The average molecular weight is 334 g/mol. The number of benzene rings is 1. The number of nitrogens with one attached hydrogen (secondary N) is 1. The highest BCUT2D eigenvalue weighted by Gasteiger charge is 2.60. The van der Waals surface area contributed by atoms with Gasteiger partial charge in [-0.2, -0.15) is 0 Å². The van der Waals surface area contributed by atoms with Gasteiger partial charge in [0.05, 0.1) is 16.6 Å². The zero-order valence-electron chi connectivity index (χ0n) is 14.1. The van der Waals surface area contributed by atoms with E-state index in [0.717, 1.165) is 19.4 Å². The summed E-state index contributed by atoms with van der Waals surface area (Å²) < 4.78 is 11.5. The van der Waals surface area contributed by atoms with Gasteiger partial charge in [-0.1, -0.05) is 13.8 Å². The van der Waals surface area contributed by atoms with Gasteiger partial charge in [-0.3, -0.25) is 10.1 Å². The first-order valence-electron chi connectivity index (χ1n) is 8.15. The van der Waals surface area contributed by atoms with E-state index in [0.29, 0.717) is 5.69 Å². The van der Waals surface area contributed by atoms with Gasteiger partial charge in [-0.05, 0) is 25.0 Å². The predicted molar refractivity (Wildman–Crippen MR) is 88.1 cm³/mol. The Labute approximate surface area is 140 Å². The van der Waals surface area contributed by atoms with Gasteiger partial charge in [0.1, 0.15) is 11.8 Å². The zero-order chi connectivity index (χ0) is 17.5. The summed E-state index contributed by atoms with van der Waals surface area (Å²) in [6.45, 7) is 4.82. The van der Waals surface area contributed by atoms with Crippen molar-refractivity contribution in [3.8, 4) is 0 Å². The Morgan fingerprint density at radius 1 is 1.46 bits per heavy atom. The van der Waals surface area contributed by atoms with Crippen LogP contribution in [0.1, 0.15) is 37.0 Å². The van der Waals surface area contributed by atoms with Gasteiger partial charge < -0.3 is 14.8 Å². The van der Waals surface area contributed by atoms with Crippen LogP contribution in [-0.4, -0.2) is 36.8 Å². The molecule has 1 aromatic carbocycles. The maximum atomic E-state index is 12.5. The van der Waals surface area contributed by atoms with Crippen LogP contribution in [0, 0.1) is 21.4 Å². The van der Waals surface area contributed by atoms with E-state index in [1.807, 2.05) is 13.8 Å². The van der Waals surface area contributed by atoms with Gasteiger partial charge in [0.15, 0.2) is 0 Å². The number of rotatable bonds is 4. The van der Waals surface area contributed by atoms with Gasteiger partial charge in [0, 0.05) is 31.1 Å². The van der Waals surface area contributed by atoms with Crippen LogP contribution < -0.4 is 5.32 Å². The van der Waals surface area contributed by atoms with Crippen LogP contribution in [0.25, 0.3) is 0 Å². The van der Waals surface area contributed by atoms with Crippen LogP contribution in [0.5, 0.6) is 0 Å². The number of ether oxygens (including phenoxy) is 2. The second kappa shape index (κ2) is 6.05. The van der Waals surface area contributed by atoms with E-state index in [9.17, 15) is 14.9 Å². The summed E-state index contributed by atoms with van der Waals surface area (Å²) in [4.78, 5) is 23.1. The van der Waals surface area contributed by atoms with Crippen molar-refractivity contribution in [2.75, 3.05) is 19.0 Å². The molecule has 1 heterocycles. The van der Waals surface area contributed by atoms with Crippen molar-refractivity contribution in [3.05, 3.63) is 33.9 Å². The number of nitrogens with zero attached hydrogens (tertiary/aromatic N) is 1. The van der Waals surface area contributed by atoms with Crippen LogP contribution in [0.3, 0.4) is 0 Å². The van der Waals surface area contributed by atoms with Gasteiger partial charge in [0.2, 0.25) is 0 Å². The molecule has 1 aliphatic heterocycles. The monoisotopic (exact) mass is 334 g/mol. The lowest BCUT2D eigenvalue weighted by Crippen LogP contribution is -2.65. The molecule has 0 spiro atoms. The second-order valence-corrected chi connectivity index (χ2v) is 6.98. The fourth-order valence-corrected chi connectivity index (χ4v) is 3.92. The molecule has 1 saturated carbocycles. The normalized spacial score (nSPS) is 27.5. The SMILES string of the molecule is CNc1ccc(C(=O)O[C@@H]2[C@@H]3CCCO[C@@H]3C2(C)C)cc1[N+](=O)[O-]. The first kappa shape index (κ1) is 16.7. The molecule has 0 bridgehead atoms. The van der Waals surface area contributed by atoms with E-state index in [-0.39, 0.29) is 34.8 Å². The van der Waals surface area contributed by atoms with Crippen molar-refractivity contribution in [2.45, 2.75) is 38.9 Å². The van der Waals surface area contributed by atoms with E-state index in [1.165, 1.54) is 12.1 Å².